The van der Waals surface area contributed by atoms with Crippen LogP contribution in [-0.4, -0.2) is 48.1 Å². The van der Waals surface area contributed by atoms with Crippen molar-refractivity contribution < 1.29 is 9.53 Å². The van der Waals surface area contributed by atoms with Crippen LogP contribution in [0.1, 0.15) is 10.5 Å². The van der Waals surface area contributed by atoms with E-state index in [0.717, 1.165) is 0 Å². The van der Waals surface area contributed by atoms with Crippen LogP contribution in [0.15, 0.2) is 24.4 Å². The van der Waals surface area contributed by atoms with Crippen molar-refractivity contribution in [2.45, 2.75) is 6.10 Å². The predicted octanol–water partition coefficient (Wildman–Crippen LogP) is -0.119. The third kappa shape index (κ3) is 2.37. The van der Waals surface area contributed by atoms with Crippen molar-refractivity contribution in [3.05, 3.63) is 30.1 Å². The highest BCUT2D eigenvalue weighted by Crippen LogP contribution is 2.08. The molecule has 2 N–H and O–H groups in total. The fourth-order valence-corrected chi connectivity index (χ4v) is 1.70. The predicted molar refractivity (Wildman–Crippen MR) is 58.9 cm³/mol. The number of carbonyl (C=O) groups excluding carboxylic acids is 1. The summed E-state index contributed by atoms with van der Waals surface area (Å²) in [5, 5.41) is 0. The summed E-state index contributed by atoms with van der Waals surface area (Å²) in [6.07, 6.45) is 1.56. The SMILES string of the molecule is NCC1CN(C(=O)c2ccccn2)CCO1. The molecule has 5 nitrogen and oxygen atoms in total. The van der Waals surface area contributed by atoms with Crippen LogP contribution in [0, 0.1) is 0 Å². The van der Waals surface area contributed by atoms with Crippen molar-refractivity contribution in [1.82, 2.24) is 9.88 Å². The van der Waals surface area contributed by atoms with E-state index >= 15 is 0 Å². The van der Waals surface area contributed by atoms with Gasteiger partial charge < -0.3 is 15.4 Å². The van der Waals surface area contributed by atoms with Crippen molar-refractivity contribution in [3.63, 3.8) is 0 Å². The molecule has 86 valence electrons. The molecule has 0 aliphatic carbocycles. The molecule has 1 aliphatic heterocycles. The zero-order chi connectivity index (χ0) is 11.4. The van der Waals surface area contributed by atoms with E-state index in [1.807, 2.05) is 0 Å². The second-order valence-corrected chi connectivity index (χ2v) is 3.69. The Bertz CT molecular complexity index is 356. The Morgan fingerprint density at radius 3 is 3.19 bits per heavy atom. The van der Waals surface area contributed by atoms with E-state index < -0.39 is 0 Å². The van der Waals surface area contributed by atoms with Crippen molar-refractivity contribution >= 4 is 5.91 Å². The Balaban J connectivity index is 2.05. The van der Waals surface area contributed by atoms with E-state index in [2.05, 4.69) is 4.98 Å². The van der Waals surface area contributed by atoms with Crippen LogP contribution in [0.5, 0.6) is 0 Å². The number of morpholine rings is 1. The van der Waals surface area contributed by atoms with Gasteiger partial charge in [0.15, 0.2) is 0 Å². The lowest BCUT2D eigenvalue weighted by Crippen LogP contribution is -2.48. The maximum absolute atomic E-state index is 12.0. The molecule has 0 bridgehead atoms. The molecule has 0 spiro atoms. The van der Waals surface area contributed by atoms with E-state index in [1.54, 1.807) is 29.3 Å². The number of amides is 1. The fourth-order valence-electron chi connectivity index (χ4n) is 1.70. The summed E-state index contributed by atoms with van der Waals surface area (Å²) >= 11 is 0. The molecule has 1 aromatic rings. The maximum Gasteiger partial charge on any atom is 0.272 e. The second kappa shape index (κ2) is 5.05. The first-order valence-electron chi connectivity index (χ1n) is 5.33. The maximum atomic E-state index is 12.0. The number of ether oxygens (including phenoxy) is 1. The van der Waals surface area contributed by atoms with Gasteiger partial charge in [0.25, 0.3) is 5.91 Å². The summed E-state index contributed by atoms with van der Waals surface area (Å²) in [5.74, 6) is -0.0534. The van der Waals surface area contributed by atoms with Crippen LogP contribution in [-0.2, 0) is 4.74 Å². The highest BCUT2D eigenvalue weighted by molar-refractivity contribution is 5.92. The Kier molecular flexibility index (Phi) is 3.48. The van der Waals surface area contributed by atoms with Gasteiger partial charge >= 0.3 is 0 Å². The first-order valence-corrected chi connectivity index (χ1v) is 5.33. The van der Waals surface area contributed by atoms with Gasteiger partial charge in [0.2, 0.25) is 0 Å². The van der Waals surface area contributed by atoms with E-state index in [-0.39, 0.29) is 12.0 Å². The number of pyridine rings is 1. The number of hydrogen-bond donors (Lipinski definition) is 1. The molecule has 1 saturated heterocycles. The van der Waals surface area contributed by atoms with Gasteiger partial charge in [0.1, 0.15) is 5.69 Å². The first-order chi connectivity index (χ1) is 7.81. The van der Waals surface area contributed by atoms with Crippen molar-refractivity contribution in [1.29, 1.82) is 0 Å². The van der Waals surface area contributed by atoms with Gasteiger partial charge in [-0.05, 0) is 12.1 Å². The van der Waals surface area contributed by atoms with E-state index in [4.69, 9.17) is 10.5 Å². The normalized spacial score (nSPS) is 20.8. The number of nitrogens with two attached hydrogens (primary N) is 1. The summed E-state index contributed by atoms with van der Waals surface area (Å²) in [4.78, 5) is 17.8. The summed E-state index contributed by atoms with van der Waals surface area (Å²) in [6.45, 7) is 2.13. The number of nitrogens with zero attached hydrogens (tertiary/aromatic N) is 2. The quantitative estimate of drug-likeness (QED) is 0.756. The lowest BCUT2D eigenvalue weighted by molar-refractivity contribution is -0.0169. The number of rotatable bonds is 2. The highest BCUT2D eigenvalue weighted by Gasteiger charge is 2.24. The van der Waals surface area contributed by atoms with Crippen molar-refractivity contribution in [3.8, 4) is 0 Å². The van der Waals surface area contributed by atoms with Gasteiger partial charge in [-0.2, -0.15) is 0 Å². The first kappa shape index (κ1) is 11.0. The molecule has 5 heteroatoms. The molecule has 1 aromatic heterocycles. The average Bonchev–Trinajstić information content (AvgIpc) is 2.39. The molecule has 1 unspecified atom stereocenters. The van der Waals surface area contributed by atoms with Gasteiger partial charge in [-0.15, -0.1) is 0 Å². The lowest BCUT2D eigenvalue weighted by Gasteiger charge is -2.32. The molecule has 0 radical (unpaired) electrons. The molecule has 2 heterocycles. The Morgan fingerprint density at radius 1 is 1.62 bits per heavy atom. The Labute approximate surface area is 94.2 Å². The standard InChI is InChI=1S/C11H15N3O2/c12-7-9-8-14(5-6-16-9)11(15)10-3-1-2-4-13-10/h1-4,9H,5-8,12H2. The van der Waals surface area contributed by atoms with Crippen LogP contribution < -0.4 is 5.73 Å². The Hall–Kier alpha value is -1.46. The molecule has 1 aliphatic rings. The monoisotopic (exact) mass is 221 g/mol. The molecule has 2 rings (SSSR count). The van der Waals surface area contributed by atoms with Crippen LogP contribution in [0.25, 0.3) is 0 Å². The van der Waals surface area contributed by atoms with E-state index in [9.17, 15) is 4.79 Å². The second-order valence-electron chi connectivity index (χ2n) is 3.69. The fraction of sp³-hybridized carbons (Fsp3) is 0.455. The molecule has 1 atom stereocenters. The van der Waals surface area contributed by atoms with Gasteiger partial charge in [-0.1, -0.05) is 6.07 Å². The molecule has 16 heavy (non-hydrogen) atoms. The third-order valence-electron chi connectivity index (χ3n) is 2.57. The minimum atomic E-state index is -0.0542. The van der Waals surface area contributed by atoms with Gasteiger partial charge in [0, 0.05) is 25.8 Å². The zero-order valence-corrected chi connectivity index (χ0v) is 9.00. The minimum Gasteiger partial charge on any atom is -0.373 e. The lowest BCUT2D eigenvalue weighted by atomic mass is 10.2. The molecule has 1 fully saturated rings. The van der Waals surface area contributed by atoms with Crippen molar-refractivity contribution in [2.75, 3.05) is 26.2 Å². The molecular weight excluding hydrogens is 206 g/mol. The molecular formula is C11H15N3O2. The van der Waals surface area contributed by atoms with Crippen LogP contribution in [0.4, 0.5) is 0 Å². The molecule has 1 amide bonds. The molecule has 0 aromatic carbocycles. The minimum absolute atomic E-state index is 0.0534. The van der Waals surface area contributed by atoms with Crippen LogP contribution in [0.3, 0.4) is 0 Å². The topological polar surface area (TPSA) is 68.5 Å². The smallest absolute Gasteiger partial charge is 0.272 e. The van der Waals surface area contributed by atoms with E-state index in [0.29, 0.717) is 31.9 Å². The van der Waals surface area contributed by atoms with Gasteiger partial charge in [-0.25, -0.2) is 0 Å². The summed E-state index contributed by atoms with van der Waals surface area (Å²) < 4.78 is 5.40. The highest BCUT2D eigenvalue weighted by atomic mass is 16.5. The summed E-state index contributed by atoms with van der Waals surface area (Å²) in [7, 11) is 0. The van der Waals surface area contributed by atoms with Crippen molar-refractivity contribution in [2.24, 2.45) is 5.73 Å². The average molecular weight is 221 g/mol. The van der Waals surface area contributed by atoms with Gasteiger partial charge in [0.05, 0.1) is 12.7 Å². The van der Waals surface area contributed by atoms with Crippen LogP contribution in [0.2, 0.25) is 0 Å². The number of hydrogen-bond acceptors (Lipinski definition) is 4. The number of carbonyl (C=O) groups is 1. The molecule has 0 saturated carbocycles. The summed E-state index contributed by atoms with van der Waals surface area (Å²) in [5.41, 5.74) is 6.00. The number of aromatic nitrogens is 1. The van der Waals surface area contributed by atoms with E-state index in [1.165, 1.54) is 0 Å². The third-order valence-corrected chi connectivity index (χ3v) is 2.57. The zero-order valence-electron chi connectivity index (χ0n) is 9.00. The van der Waals surface area contributed by atoms with Gasteiger partial charge in [-0.3, -0.25) is 9.78 Å². The Morgan fingerprint density at radius 2 is 2.50 bits per heavy atom. The largest absolute Gasteiger partial charge is 0.373 e. The van der Waals surface area contributed by atoms with Crippen LogP contribution >= 0.6 is 0 Å². The summed E-state index contributed by atoms with van der Waals surface area (Å²) in [6, 6.07) is 5.31.